The Labute approximate surface area is 124 Å². The number of amides is 1. The maximum absolute atomic E-state index is 11.9. The molecule has 0 heterocycles. The predicted molar refractivity (Wildman–Crippen MR) is 82.5 cm³/mol. The van der Waals surface area contributed by atoms with Crippen LogP contribution in [-0.2, 0) is 9.84 Å². The van der Waals surface area contributed by atoms with Gasteiger partial charge < -0.3 is 11.1 Å². The van der Waals surface area contributed by atoms with E-state index < -0.39 is 9.84 Å². The minimum Gasteiger partial charge on any atom is -0.393 e. The van der Waals surface area contributed by atoms with E-state index in [9.17, 15) is 13.2 Å². The van der Waals surface area contributed by atoms with Crippen molar-refractivity contribution >= 4 is 33.0 Å². The first kappa shape index (κ1) is 16.6. The van der Waals surface area contributed by atoms with Crippen molar-refractivity contribution in [3.63, 3.8) is 0 Å². The summed E-state index contributed by atoms with van der Waals surface area (Å²) in [5, 5.41) is 2.73. The molecule has 0 saturated heterocycles. The van der Waals surface area contributed by atoms with E-state index in [-0.39, 0.29) is 10.8 Å². The molecular weight excluding hydrogens is 296 g/mol. The molecule has 1 aromatic rings. The Hall–Kier alpha value is -1.47. The fourth-order valence-corrected chi connectivity index (χ4v) is 2.41. The van der Waals surface area contributed by atoms with Crippen molar-refractivity contribution in [3.05, 3.63) is 29.8 Å². The predicted octanol–water partition coefficient (Wildman–Crippen LogP) is 1.28. The van der Waals surface area contributed by atoms with Gasteiger partial charge in [-0.2, -0.15) is 0 Å². The van der Waals surface area contributed by atoms with Crippen LogP contribution in [-0.4, -0.2) is 32.1 Å². The van der Waals surface area contributed by atoms with Crippen molar-refractivity contribution in [1.29, 1.82) is 0 Å². The van der Waals surface area contributed by atoms with Gasteiger partial charge in [-0.15, -0.1) is 0 Å². The van der Waals surface area contributed by atoms with Crippen molar-refractivity contribution in [1.82, 2.24) is 5.32 Å². The molecule has 0 aliphatic carbocycles. The molecule has 3 N–H and O–H groups in total. The summed E-state index contributed by atoms with van der Waals surface area (Å²) in [5.74, 6) is -0.286. The molecule has 7 heteroatoms. The Morgan fingerprint density at radius 1 is 1.35 bits per heavy atom. The van der Waals surface area contributed by atoms with E-state index in [4.69, 9.17) is 18.0 Å². The van der Waals surface area contributed by atoms with Gasteiger partial charge in [-0.1, -0.05) is 18.3 Å². The lowest BCUT2D eigenvalue weighted by molar-refractivity contribution is 0.0953. The lowest BCUT2D eigenvalue weighted by Gasteiger charge is -2.06. The molecule has 1 rings (SSSR count). The molecule has 5 nitrogen and oxygen atoms in total. The van der Waals surface area contributed by atoms with Gasteiger partial charge >= 0.3 is 0 Å². The highest BCUT2D eigenvalue weighted by atomic mass is 32.2. The lowest BCUT2D eigenvalue weighted by Crippen LogP contribution is -2.24. The maximum Gasteiger partial charge on any atom is 0.251 e. The van der Waals surface area contributed by atoms with Crippen LogP contribution in [0, 0.1) is 0 Å². The van der Waals surface area contributed by atoms with Crippen molar-refractivity contribution in [2.24, 2.45) is 5.73 Å². The van der Waals surface area contributed by atoms with E-state index in [1.807, 2.05) is 0 Å². The van der Waals surface area contributed by atoms with Gasteiger partial charge in [0.25, 0.3) is 5.91 Å². The minimum absolute atomic E-state index is 0.138. The van der Waals surface area contributed by atoms with Crippen LogP contribution in [0.3, 0.4) is 0 Å². The molecular formula is C13H18N2O3S2. The Kier molecular flexibility index (Phi) is 6.09. The first-order chi connectivity index (χ1) is 9.30. The van der Waals surface area contributed by atoms with E-state index in [2.05, 4.69) is 5.32 Å². The Bertz CT molecular complexity index is 597. The number of nitrogens with two attached hydrogens (primary N) is 1. The van der Waals surface area contributed by atoms with Crippen molar-refractivity contribution in [2.75, 3.05) is 12.8 Å². The van der Waals surface area contributed by atoms with E-state index in [1.54, 1.807) is 12.1 Å². The van der Waals surface area contributed by atoms with E-state index in [0.29, 0.717) is 23.5 Å². The van der Waals surface area contributed by atoms with Gasteiger partial charge in [0.1, 0.15) is 0 Å². The van der Waals surface area contributed by atoms with Crippen LogP contribution in [0.4, 0.5) is 0 Å². The zero-order valence-corrected chi connectivity index (χ0v) is 12.9. The van der Waals surface area contributed by atoms with E-state index in [1.165, 1.54) is 12.1 Å². The van der Waals surface area contributed by atoms with Gasteiger partial charge in [-0.25, -0.2) is 8.42 Å². The monoisotopic (exact) mass is 314 g/mol. The summed E-state index contributed by atoms with van der Waals surface area (Å²) >= 11 is 4.76. The zero-order chi connectivity index (χ0) is 15.2. The molecule has 0 saturated carbocycles. The number of sulfone groups is 1. The van der Waals surface area contributed by atoms with Crippen molar-refractivity contribution in [2.45, 2.75) is 24.2 Å². The highest BCUT2D eigenvalue weighted by Crippen LogP contribution is 2.11. The number of hydrogen-bond donors (Lipinski definition) is 2. The van der Waals surface area contributed by atoms with Gasteiger partial charge in [-0.05, 0) is 37.5 Å². The highest BCUT2D eigenvalue weighted by molar-refractivity contribution is 7.90. The Morgan fingerprint density at radius 3 is 2.65 bits per heavy atom. The third-order valence-corrected chi connectivity index (χ3v) is 3.97. The topological polar surface area (TPSA) is 89.3 Å². The van der Waals surface area contributed by atoms with Crippen LogP contribution in [0.5, 0.6) is 0 Å². The second-order valence-electron chi connectivity index (χ2n) is 4.48. The third kappa shape index (κ3) is 5.66. The summed E-state index contributed by atoms with van der Waals surface area (Å²) < 4.78 is 22.8. The minimum atomic E-state index is -3.31. The smallest absolute Gasteiger partial charge is 0.251 e. The number of carbonyl (C=O) groups excluding carboxylic acids is 1. The van der Waals surface area contributed by atoms with Crippen LogP contribution in [0.1, 0.15) is 29.6 Å². The van der Waals surface area contributed by atoms with Gasteiger partial charge in [0.2, 0.25) is 0 Å². The molecule has 20 heavy (non-hydrogen) atoms. The normalized spacial score (nSPS) is 11.1. The van der Waals surface area contributed by atoms with Gasteiger partial charge in [0.05, 0.1) is 9.88 Å². The number of thiocarbonyl (C=S) groups is 1. The number of unbranched alkanes of at least 4 members (excludes halogenated alkanes) is 1. The molecule has 0 aliphatic rings. The standard InChI is InChI=1S/C13H18N2O3S2/c1-20(17,18)11-6-4-5-10(9-11)13(16)15-8-3-2-7-12(14)19/h4-6,9H,2-3,7-8H2,1H3,(H2,14,19)(H,15,16). The number of carbonyl (C=O) groups is 1. The van der Waals surface area contributed by atoms with Crippen LogP contribution in [0.15, 0.2) is 29.2 Å². The van der Waals surface area contributed by atoms with Crippen LogP contribution < -0.4 is 11.1 Å². The third-order valence-electron chi connectivity index (χ3n) is 2.66. The number of hydrogen-bond acceptors (Lipinski definition) is 4. The summed E-state index contributed by atoms with van der Waals surface area (Å²) in [5.41, 5.74) is 5.71. The highest BCUT2D eigenvalue weighted by Gasteiger charge is 2.11. The molecule has 110 valence electrons. The average molecular weight is 314 g/mol. The molecule has 0 aliphatic heterocycles. The van der Waals surface area contributed by atoms with Crippen LogP contribution in [0.2, 0.25) is 0 Å². The number of rotatable bonds is 7. The number of benzene rings is 1. The zero-order valence-electron chi connectivity index (χ0n) is 11.3. The second-order valence-corrected chi connectivity index (χ2v) is 7.02. The molecule has 1 amide bonds. The largest absolute Gasteiger partial charge is 0.393 e. The Morgan fingerprint density at radius 2 is 2.05 bits per heavy atom. The van der Waals surface area contributed by atoms with E-state index in [0.717, 1.165) is 19.1 Å². The van der Waals surface area contributed by atoms with Gasteiger partial charge in [0.15, 0.2) is 9.84 Å². The van der Waals surface area contributed by atoms with E-state index >= 15 is 0 Å². The Balaban J connectivity index is 2.54. The molecule has 0 aromatic heterocycles. The maximum atomic E-state index is 11.9. The summed E-state index contributed by atoms with van der Waals surface area (Å²) in [6.45, 7) is 0.505. The van der Waals surface area contributed by atoms with Crippen LogP contribution in [0.25, 0.3) is 0 Å². The molecule has 0 fully saturated rings. The molecule has 0 atom stereocenters. The van der Waals surface area contributed by atoms with Crippen LogP contribution >= 0.6 is 12.2 Å². The molecule has 0 bridgehead atoms. The fraction of sp³-hybridized carbons (Fsp3) is 0.385. The molecule has 0 radical (unpaired) electrons. The quantitative estimate of drug-likeness (QED) is 0.584. The summed E-state index contributed by atoms with van der Waals surface area (Å²) in [7, 11) is -3.31. The lowest BCUT2D eigenvalue weighted by atomic mass is 10.2. The summed E-state index contributed by atoms with van der Waals surface area (Å²) in [4.78, 5) is 12.5. The molecule has 0 spiro atoms. The number of nitrogens with one attached hydrogen (secondary N) is 1. The average Bonchev–Trinajstić information content (AvgIpc) is 2.37. The fourth-order valence-electron chi connectivity index (χ4n) is 1.60. The first-order valence-corrected chi connectivity index (χ1v) is 8.47. The van der Waals surface area contributed by atoms with Gasteiger partial charge in [0, 0.05) is 18.4 Å². The van der Waals surface area contributed by atoms with Gasteiger partial charge in [-0.3, -0.25) is 4.79 Å². The first-order valence-electron chi connectivity index (χ1n) is 6.17. The van der Waals surface area contributed by atoms with Crippen molar-refractivity contribution in [3.8, 4) is 0 Å². The summed E-state index contributed by atoms with van der Waals surface area (Å²) in [6.07, 6.45) is 3.36. The van der Waals surface area contributed by atoms with Crippen molar-refractivity contribution < 1.29 is 13.2 Å². The SMILES string of the molecule is CS(=O)(=O)c1cccc(C(=O)NCCCCC(N)=S)c1. The molecule has 0 unspecified atom stereocenters. The second kappa shape index (κ2) is 7.35. The summed E-state index contributed by atoms with van der Waals surface area (Å²) in [6, 6.07) is 5.98. The molecule has 1 aromatic carbocycles.